The van der Waals surface area contributed by atoms with Crippen molar-refractivity contribution in [2.24, 2.45) is 11.8 Å². The highest BCUT2D eigenvalue weighted by molar-refractivity contribution is 6.24. The molecule has 1 aliphatic carbocycles. The van der Waals surface area contributed by atoms with E-state index in [0.29, 0.717) is 23.7 Å². The zero-order chi connectivity index (χ0) is 7.30. The first kappa shape index (κ1) is 9.14. The summed E-state index contributed by atoms with van der Waals surface area (Å²) in [5.74, 6) is 1.91. The first-order valence-electron chi connectivity index (χ1n) is 3.68. The fourth-order valence-corrected chi connectivity index (χ4v) is 2.41. The van der Waals surface area contributed by atoms with Gasteiger partial charge in [0.15, 0.2) is 0 Å². The lowest BCUT2D eigenvalue weighted by Gasteiger charge is -2.18. The Bertz CT molecular complexity index is 173. The number of alkyl halides is 1. The Balaban J connectivity index is 0.000000605. The third-order valence-electron chi connectivity index (χ3n) is 2.51. The van der Waals surface area contributed by atoms with Crippen LogP contribution in [0.2, 0.25) is 0 Å². The molecule has 2 fully saturated rings. The van der Waals surface area contributed by atoms with Gasteiger partial charge >= 0.3 is 0 Å². The summed E-state index contributed by atoms with van der Waals surface area (Å²) in [7, 11) is 0. The molecule has 64 valence electrons. The second-order valence-electron chi connectivity index (χ2n) is 3.35. The summed E-state index contributed by atoms with van der Waals surface area (Å²) in [4.78, 5) is 0. The first-order valence-corrected chi connectivity index (χ1v) is 4.12. The van der Waals surface area contributed by atoms with Gasteiger partial charge < -0.3 is 5.32 Å². The predicted molar refractivity (Wildman–Crippen MR) is 48.8 cm³/mol. The Morgan fingerprint density at radius 2 is 2.27 bits per heavy atom. The van der Waals surface area contributed by atoms with E-state index in [4.69, 9.17) is 17.0 Å². The summed E-state index contributed by atoms with van der Waals surface area (Å²) < 4.78 is 0. The number of nitrogens with one attached hydrogen (secondary N) is 2. The summed E-state index contributed by atoms with van der Waals surface area (Å²) in [5.41, 5.74) is 0. The monoisotopic (exact) mass is 194 g/mol. The number of hydrogen-bond donors (Lipinski definition) is 2. The van der Waals surface area contributed by atoms with Crippen LogP contribution in [0.1, 0.15) is 13.3 Å². The van der Waals surface area contributed by atoms with E-state index in [2.05, 4.69) is 12.2 Å². The molecule has 3 unspecified atom stereocenters. The van der Waals surface area contributed by atoms with Gasteiger partial charge in [-0.15, -0.1) is 24.0 Å². The molecule has 0 aromatic heterocycles. The first-order chi connectivity index (χ1) is 4.70. The van der Waals surface area contributed by atoms with Crippen molar-refractivity contribution in [2.75, 3.05) is 0 Å². The van der Waals surface area contributed by atoms with Gasteiger partial charge in [-0.1, -0.05) is 6.92 Å². The standard InChI is InChI=1S/C7H11ClN2.ClH/c1-3-2-4(9)10-7-5(3)6(7)8;/h3,5-7H,2H2,1H3,(H2,9,10);1H/t3?,5?,6-,7?;/m1./s1. The number of hydrogen-bond acceptors (Lipinski definition) is 1. The lowest BCUT2D eigenvalue weighted by atomic mass is 9.98. The molecule has 2 rings (SSSR count). The maximum Gasteiger partial charge on any atom is 0.0937 e. The van der Waals surface area contributed by atoms with Gasteiger partial charge in [0.25, 0.3) is 0 Å². The van der Waals surface area contributed by atoms with Crippen molar-refractivity contribution >= 4 is 29.8 Å². The Morgan fingerprint density at radius 3 is 2.82 bits per heavy atom. The van der Waals surface area contributed by atoms with Crippen molar-refractivity contribution in [2.45, 2.75) is 24.8 Å². The molecule has 0 radical (unpaired) electrons. The van der Waals surface area contributed by atoms with Crippen molar-refractivity contribution in [3.63, 3.8) is 0 Å². The molecule has 1 saturated heterocycles. The van der Waals surface area contributed by atoms with Gasteiger partial charge in [-0.3, -0.25) is 5.41 Å². The molecular weight excluding hydrogens is 183 g/mol. The van der Waals surface area contributed by atoms with E-state index in [0.717, 1.165) is 6.42 Å². The van der Waals surface area contributed by atoms with Crippen LogP contribution in [0.15, 0.2) is 0 Å². The Labute approximate surface area is 77.6 Å². The van der Waals surface area contributed by atoms with Gasteiger partial charge in [0.05, 0.1) is 11.2 Å². The zero-order valence-electron chi connectivity index (χ0n) is 6.30. The van der Waals surface area contributed by atoms with Gasteiger partial charge in [-0.2, -0.15) is 0 Å². The third-order valence-corrected chi connectivity index (χ3v) is 3.07. The molecule has 0 bridgehead atoms. The molecule has 1 saturated carbocycles. The van der Waals surface area contributed by atoms with Crippen LogP contribution in [0, 0.1) is 17.2 Å². The van der Waals surface area contributed by atoms with E-state index >= 15 is 0 Å². The van der Waals surface area contributed by atoms with Crippen LogP contribution in [-0.2, 0) is 0 Å². The van der Waals surface area contributed by atoms with Crippen LogP contribution in [0.5, 0.6) is 0 Å². The molecule has 2 nitrogen and oxygen atoms in total. The molecule has 1 aliphatic heterocycles. The van der Waals surface area contributed by atoms with Gasteiger partial charge in [-0.05, 0) is 5.92 Å². The van der Waals surface area contributed by atoms with Gasteiger partial charge in [0.2, 0.25) is 0 Å². The molecule has 0 amide bonds. The zero-order valence-corrected chi connectivity index (χ0v) is 7.88. The third kappa shape index (κ3) is 1.34. The minimum atomic E-state index is 0. The molecule has 11 heavy (non-hydrogen) atoms. The van der Waals surface area contributed by atoms with Crippen LogP contribution in [0.25, 0.3) is 0 Å². The van der Waals surface area contributed by atoms with Gasteiger partial charge in [-0.25, -0.2) is 0 Å². The van der Waals surface area contributed by atoms with Crippen LogP contribution in [0.3, 0.4) is 0 Å². The van der Waals surface area contributed by atoms with Gasteiger partial charge in [0, 0.05) is 18.4 Å². The van der Waals surface area contributed by atoms with E-state index in [1.54, 1.807) is 0 Å². The lowest BCUT2D eigenvalue weighted by molar-refractivity contribution is 0.473. The van der Waals surface area contributed by atoms with Crippen molar-refractivity contribution in [1.82, 2.24) is 5.32 Å². The fraction of sp³-hybridized carbons (Fsp3) is 0.857. The number of piperidine rings is 1. The summed E-state index contributed by atoms with van der Waals surface area (Å²) in [6, 6.07) is 0.415. The lowest BCUT2D eigenvalue weighted by Crippen LogP contribution is -2.33. The summed E-state index contributed by atoms with van der Waals surface area (Å²) in [6.07, 6.45) is 0.879. The molecule has 0 aromatic rings. The predicted octanol–water partition coefficient (Wildman–Crippen LogP) is 1.62. The highest BCUT2D eigenvalue weighted by atomic mass is 35.5. The molecule has 1 heterocycles. The highest BCUT2D eigenvalue weighted by Gasteiger charge is 2.54. The SMILES string of the molecule is CC1CC(=N)NC2C1[C@H]2Cl.Cl. The van der Waals surface area contributed by atoms with Gasteiger partial charge in [0.1, 0.15) is 0 Å². The Hall–Kier alpha value is 0.0500. The summed E-state index contributed by atoms with van der Waals surface area (Å²) in [5, 5.41) is 10.8. The average Bonchev–Trinajstić information content (AvgIpc) is 2.42. The molecule has 2 aliphatic rings. The average molecular weight is 195 g/mol. The maximum absolute atomic E-state index is 7.40. The molecule has 0 aromatic carbocycles. The summed E-state index contributed by atoms with van der Waals surface area (Å²) in [6.45, 7) is 2.18. The summed E-state index contributed by atoms with van der Waals surface area (Å²) >= 11 is 5.96. The molecule has 0 spiro atoms. The van der Waals surface area contributed by atoms with Crippen molar-refractivity contribution < 1.29 is 0 Å². The Morgan fingerprint density at radius 1 is 1.64 bits per heavy atom. The smallest absolute Gasteiger partial charge is 0.0937 e. The second kappa shape index (κ2) is 2.83. The number of halogens is 2. The fourth-order valence-electron chi connectivity index (χ4n) is 1.86. The molecule has 2 N–H and O–H groups in total. The second-order valence-corrected chi connectivity index (χ2v) is 3.86. The quantitative estimate of drug-likeness (QED) is 0.566. The normalized spacial score (nSPS) is 46.9. The van der Waals surface area contributed by atoms with Crippen LogP contribution < -0.4 is 5.32 Å². The minimum absolute atomic E-state index is 0. The Kier molecular flexibility index (Phi) is 2.35. The number of amidine groups is 1. The molecule has 4 atom stereocenters. The van der Waals surface area contributed by atoms with E-state index in [1.807, 2.05) is 0 Å². The van der Waals surface area contributed by atoms with E-state index in [1.165, 1.54) is 0 Å². The number of fused-ring (bicyclic) bond motifs is 1. The topological polar surface area (TPSA) is 35.9 Å². The van der Waals surface area contributed by atoms with Crippen LogP contribution in [0.4, 0.5) is 0 Å². The van der Waals surface area contributed by atoms with E-state index < -0.39 is 0 Å². The largest absolute Gasteiger partial charge is 0.369 e. The van der Waals surface area contributed by atoms with E-state index in [-0.39, 0.29) is 17.8 Å². The van der Waals surface area contributed by atoms with E-state index in [9.17, 15) is 0 Å². The minimum Gasteiger partial charge on any atom is -0.369 e. The maximum atomic E-state index is 7.40. The van der Waals surface area contributed by atoms with Crippen molar-refractivity contribution in [1.29, 1.82) is 5.41 Å². The van der Waals surface area contributed by atoms with Crippen molar-refractivity contribution in [3.8, 4) is 0 Å². The highest BCUT2D eigenvalue weighted by Crippen LogP contribution is 2.46. The van der Waals surface area contributed by atoms with Crippen LogP contribution >= 0.6 is 24.0 Å². The van der Waals surface area contributed by atoms with Crippen molar-refractivity contribution in [3.05, 3.63) is 0 Å². The number of rotatable bonds is 0. The van der Waals surface area contributed by atoms with Crippen LogP contribution in [-0.4, -0.2) is 17.3 Å². The molecular formula is C7H12Cl2N2. The molecule has 4 heteroatoms.